The van der Waals surface area contributed by atoms with Crippen LogP contribution in [-0.2, 0) is 14.3 Å². The van der Waals surface area contributed by atoms with Crippen LogP contribution in [0.1, 0.15) is 39.0 Å². The van der Waals surface area contributed by atoms with E-state index in [1.807, 2.05) is 6.07 Å². The number of nitrogens with one attached hydrogen (secondary N) is 1. The lowest BCUT2D eigenvalue weighted by Gasteiger charge is -2.30. The molecule has 0 spiro atoms. The van der Waals surface area contributed by atoms with Gasteiger partial charge in [0.05, 0.1) is 30.3 Å². The summed E-state index contributed by atoms with van der Waals surface area (Å²) < 4.78 is 11.2. The molecule has 1 aromatic heterocycles. The molecule has 132 valence electrons. The summed E-state index contributed by atoms with van der Waals surface area (Å²) in [5, 5.41) is 2.97. The Labute approximate surface area is 143 Å². The molecule has 0 unspecified atom stereocenters. The fourth-order valence-corrected chi connectivity index (χ4v) is 3.23. The Morgan fingerprint density at radius 1 is 1.42 bits per heavy atom. The summed E-state index contributed by atoms with van der Waals surface area (Å²) >= 11 is 0. The Hall–Kier alpha value is -1.66. The minimum atomic E-state index is -0.511. The maximum atomic E-state index is 12.4. The highest BCUT2D eigenvalue weighted by atomic mass is 16.5. The van der Waals surface area contributed by atoms with Gasteiger partial charge in [-0.15, -0.1) is 0 Å². The number of hydrogen-bond donors (Lipinski definition) is 1. The van der Waals surface area contributed by atoms with Gasteiger partial charge in [-0.2, -0.15) is 0 Å². The number of nitrogens with zero attached hydrogens (tertiary/aromatic N) is 2. The van der Waals surface area contributed by atoms with Crippen molar-refractivity contribution in [3.05, 3.63) is 18.5 Å². The molecule has 0 radical (unpaired) electrons. The molecular formula is C18H27N3O3. The van der Waals surface area contributed by atoms with Crippen molar-refractivity contribution in [2.75, 3.05) is 36.5 Å². The first kappa shape index (κ1) is 17.2. The van der Waals surface area contributed by atoms with Gasteiger partial charge in [0.15, 0.2) is 0 Å². The SMILES string of the molecule is C[C@@H](OC[C@@H]1CCCO1)C(=O)Nc1cnccc1N1CCCCC1. The molecule has 0 bridgehead atoms. The number of piperidine rings is 1. The molecule has 1 amide bonds. The zero-order chi connectivity index (χ0) is 16.8. The molecule has 3 rings (SSSR count). The van der Waals surface area contributed by atoms with E-state index in [1.165, 1.54) is 19.3 Å². The van der Waals surface area contributed by atoms with Crippen LogP contribution in [0.3, 0.4) is 0 Å². The first-order valence-electron chi connectivity index (χ1n) is 8.97. The van der Waals surface area contributed by atoms with Gasteiger partial charge >= 0.3 is 0 Å². The molecule has 3 heterocycles. The van der Waals surface area contributed by atoms with Gasteiger partial charge in [0.2, 0.25) is 0 Å². The second kappa shape index (κ2) is 8.44. The fourth-order valence-electron chi connectivity index (χ4n) is 3.23. The highest BCUT2D eigenvalue weighted by molar-refractivity contribution is 5.96. The summed E-state index contributed by atoms with van der Waals surface area (Å²) in [6.07, 6.45) is 8.85. The van der Waals surface area contributed by atoms with E-state index < -0.39 is 6.10 Å². The molecule has 0 aliphatic carbocycles. The van der Waals surface area contributed by atoms with E-state index in [0.717, 1.165) is 43.9 Å². The number of carbonyl (C=O) groups excluding carboxylic acids is 1. The molecule has 2 saturated heterocycles. The van der Waals surface area contributed by atoms with Gasteiger partial charge in [-0.1, -0.05) is 0 Å². The molecule has 2 aliphatic heterocycles. The Balaban J connectivity index is 1.57. The van der Waals surface area contributed by atoms with Crippen molar-refractivity contribution in [2.45, 2.75) is 51.2 Å². The monoisotopic (exact) mass is 333 g/mol. The summed E-state index contributed by atoms with van der Waals surface area (Å²) in [4.78, 5) is 18.9. The van der Waals surface area contributed by atoms with Crippen LogP contribution < -0.4 is 10.2 Å². The average molecular weight is 333 g/mol. The maximum absolute atomic E-state index is 12.4. The second-order valence-electron chi connectivity index (χ2n) is 6.54. The zero-order valence-electron chi connectivity index (χ0n) is 14.4. The van der Waals surface area contributed by atoms with Crippen molar-refractivity contribution in [2.24, 2.45) is 0 Å². The molecule has 6 heteroatoms. The summed E-state index contributed by atoms with van der Waals surface area (Å²) in [6, 6.07) is 1.97. The van der Waals surface area contributed by atoms with Crippen molar-refractivity contribution in [3.8, 4) is 0 Å². The summed E-state index contributed by atoms with van der Waals surface area (Å²) in [5.41, 5.74) is 1.81. The van der Waals surface area contributed by atoms with E-state index >= 15 is 0 Å². The van der Waals surface area contributed by atoms with Gasteiger partial charge < -0.3 is 19.7 Å². The Morgan fingerprint density at radius 2 is 2.25 bits per heavy atom. The number of rotatable bonds is 6. The molecule has 24 heavy (non-hydrogen) atoms. The largest absolute Gasteiger partial charge is 0.376 e. The van der Waals surface area contributed by atoms with E-state index in [2.05, 4.69) is 15.2 Å². The zero-order valence-corrected chi connectivity index (χ0v) is 14.4. The standard InChI is InChI=1S/C18H27N3O3/c1-14(24-13-15-6-5-11-23-15)18(22)20-16-12-19-8-7-17(16)21-9-3-2-4-10-21/h7-8,12,14-15H,2-6,9-11,13H2,1H3,(H,20,22)/t14-,15+/m1/s1. The number of amides is 1. The van der Waals surface area contributed by atoms with Gasteiger partial charge in [0, 0.05) is 25.9 Å². The molecule has 6 nitrogen and oxygen atoms in total. The number of anilines is 2. The lowest BCUT2D eigenvalue weighted by atomic mass is 10.1. The van der Waals surface area contributed by atoms with E-state index in [9.17, 15) is 4.79 Å². The number of carbonyl (C=O) groups is 1. The molecular weight excluding hydrogens is 306 g/mol. The summed E-state index contributed by atoms with van der Waals surface area (Å²) in [5.74, 6) is -0.140. The topological polar surface area (TPSA) is 63.7 Å². The van der Waals surface area contributed by atoms with Crippen molar-refractivity contribution in [1.29, 1.82) is 0 Å². The Bertz CT molecular complexity index is 540. The predicted octanol–water partition coefficient (Wildman–Crippen LogP) is 2.59. The van der Waals surface area contributed by atoms with Crippen LogP contribution in [0, 0.1) is 0 Å². The molecule has 2 fully saturated rings. The van der Waals surface area contributed by atoms with Gasteiger partial charge in [0.25, 0.3) is 5.91 Å². The number of aromatic nitrogens is 1. The number of pyridine rings is 1. The summed E-state index contributed by atoms with van der Waals surface area (Å²) in [7, 11) is 0. The quantitative estimate of drug-likeness (QED) is 0.867. The molecule has 1 aromatic rings. The molecule has 1 N–H and O–H groups in total. The molecule has 2 aliphatic rings. The van der Waals surface area contributed by atoms with Crippen LogP contribution in [0.4, 0.5) is 11.4 Å². The van der Waals surface area contributed by atoms with Crippen LogP contribution in [0.25, 0.3) is 0 Å². The normalized spacial score (nSPS) is 22.4. The third-order valence-corrected chi connectivity index (χ3v) is 4.68. The first-order valence-corrected chi connectivity index (χ1v) is 8.97. The highest BCUT2D eigenvalue weighted by Crippen LogP contribution is 2.27. The van der Waals surface area contributed by atoms with Gasteiger partial charge in [-0.25, -0.2) is 0 Å². The minimum absolute atomic E-state index is 0.127. The smallest absolute Gasteiger partial charge is 0.253 e. The van der Waals surface area contributed by atoms with E-state index in [0.29, 0.717) is 6.61 Å². The maximum Gasteiger partial charge on any atom is 0.253 e. The lowest BCUT2D eigenvalue weighted by Crippen LogP contribution is -2.33. The molecule has 0 saturated carbocycles. The van der Waals surface area contributed by atoms with Gasteiger partial charge in [0.1, 0.15) is 6.10 Å². The number of ether oxygens (including phenoxy) is 2. The molecule has 2 atom stereocenters. The predicted molar refractivity (Wildman–Crippen MR) is 93.3 cm³/mol. The molecule has 0 aromatic carbocycles. The third kappa shape index (κ3) is 4.45. The minimum Gasteiger partial charge on any atom is -0.376 e. The summed E-state index contributed by atoms with van der Waals surface area (Å²) in [6.45, 7) is 5.10. The van der Waals surface area contributed by atoms with Crippen molar-refractivity contribution in [1.82, 2.24) is 4.98 Å². The van der Waals surface area contributed by atoms with E-state index in [-0.39, 0.29) is 12.0 Å². The van der Waals surface area contributed by atoms with Crippen LogP contribution in [0.2, 0.25) is 0 Å². The van der Waals surface area contributed by atoms with Gasteiger partial charge in [-0.05, 0) is 45.1 Å². The van der Waals surface area contributed by atoms with Crippen molar-refractivity contribution < 1.29 is 14.3 Å². The second-order valence-corrected chi connectivity index (χ2v) is 6.54. The van der Waals surface area contributed by atoms with Crippen LogP contribution in [-0.4, -0.2) is 49.4 Å². The average Bonchev–Trinajstić information content (AvgIpc) is 3.14. The van der Waals surface area contributed by atoms with Crippen molar-refractivity contribution in [3.63, 3.8) is 0 Å². The third-order valence-electron chi connectivity index (χ3n) is 4.68. The van der Waals surface area contributed by atoms with Gasteiger partial charge in [-0.3, -0.25) is 9.78 Å². The Morgan fingerprint density at radius 3 is 3.00 bits per heavy atom. The highest BCUT2D eigenvalue weighted by Gasteiger charge is 2.21. The van der Waals surface area contributed by atoms with E-state index in [4.69, 9.17) is 9.47 Å². The van der Waals surface area contributed by atoms with E-state index in [1.54, 1.807) is 19.3 Å². The van der Waals surface area contributed by atoms with Crippen LogP contribution in [0.15, 0.2) is 18.5 Å². The van der Waals surface area contributed by atoms with Crippen LogP contribution in [0.5, 0.6) is 0 Å². The van der Waals surface area contributed by atoms with Crippen LogP contribution >= 0.6 is 0 Å². The fraction of sp³-hybridized carbons (Fsp3) is 0.667. The lowest BCUT2D eigenvalue weighted by molar-refractivity contribution is -0.128. The number of hydrogen-bond acceptors (Lipinski definition) is 5. The first-order chi connectivity index (χ1) is 11.7. The Kier molecular flexibility index (Phi) is 6.04. The van der Waals surface area contributed by atoms with Crippen molar-refractivity contribution >= 4 is 17.3 Å².